The number of aliphatic hydroxyl groups is 1. The van der Waals surface area contributed by atoms with Crippen LogP contribution in [0.4, 0.5) is 0 Å². The van der Waals surface area contributed by atoms with Crippen LogP contribution in [-0.4, -0.2) is 36.1 Å². The van der Waals surface area contributed by atoms with Crippen LogP contribution >= 0.6 is 0 Å². The average Bonchev–Trinajstić information content (AvgIpc) is 3.05. The van der Waals surface area contributed by atoms with Crippen LogP contribution in [0.2, 0.25) is 0 Å². The van der Waals surface area contributed by atoms with Crippen molar-refractivity contribution in [3.05, 3.63) is 59.5 Å². The third-order valence-corrected chi connectivity index (χ3v) is 3.44. The lowest BCUT2D eigenvalue weighted by atomic mass is 10.1. The second kappa shape index (κ2) is 8.36. The van der Waals surface area contributed by atoms with Gasteiger partial charge >= 0.3 is 0 Å². The zero-order valence-corrected chi connectivity index (χ0v) is 12.8. The molecule has 2 N–H and O–H groups in total. The summed E-state index contributed by atoms with van der Waals surface area (Å²) < 4.78 is 5.39. The van der Waals surface area contributed by atoms with Gasteiger partial charge in [-0.1, -0.05) is 12.1 Å². The summed E-state index contributed by atoms with van der Waals surface area (Å²) in [7, 11) is 1.62. The molecule has 118 valence electrons. The monoisotopic (exact) mass is 302 g/mol. The van der Waals surface area contributed by atoms with E-state index < -0.39 is 0 Å². The second-order valence-corrected chi connectivity index (χ2v) is 5.14. The highest BCUT2D eigenvalue weighted by Crippen LogP contribution is 2.12. The van der Waals surface area contributed by atoms with Gasteiger partial charge in [0, 0.05) is 32.3 Å². The maximum Gasteiger partial charge on any atom is 0.251 e. The molecule has 0 bridgehead atoms. The molecule has 0 atom stereocenters. The predicted octanol–water partition coefficient (Wildman–Crippen LogP) is 2.02. The smallest absolute Gasteiger partial charge is 0.251 e. The molecule has 0 saturated heterocycles. The van der Waals surface area contributed by atoms with Gasteiger partial charge < -0.3 is 14.8 Å². The van der Waals surface area contributed by atoms with Crippen molar-refractivity contribution in [2.45, 2.75) is 19.5 Å². The minimum atomic E-state index is -0.0840. The Labute approximate surface area is 130 Å². The van der Waals surface area contributed by atoms with Gasteiger partial charge in [0.15, 0.2) is 0 Å². The summed E-state index contributed by atoms with van der Waals surface area (Å²) in [6, 6.07) is 11.4. The summed E-state index contributed by atoms with van der Waals surface area (Å²) in [5.41, 5.74) is 1.77. The van der Waals surface area contributed by atoms with E-state index in [0.29, 0.717) is 12.1 Å². The van der Waals surface area contributed by atoms with Crippen molar-refractivity contribution < 1.29 is 14.3 Å². The van der Waals surface area contributed by atoms with Gasteiger partial charge in [-0.25, -0.2) is 0 Å². The lowest BCUT2D eigenvalue weighted by Gasteiger charge is -2.21. The summed E-state index contributed by atoms with van der Waals surface area (Å²) in [5.74, 6) is 0.819. The summed E-state index contributed by atoms with van der Waals surface area (Å²) >= 11 is 0. The highest BCUT2D eigenvalue weighted by atomic mass is 16.3. The summed E-state index contributed by atoms with van der Waals surface area (Å²) in [6.07, 6.45) is 2.38. The molecule has 0 aliphatic carbocycles. The van der Waals surface area contributed by atoms with Crippen LogP contribution in [0, 0.1) is 0 Å². The number of aliphatic hydroxyl groups excluding tert-OH is 1. The molecule has 0 spiro atoms. The van der Waals surface area contributed by atoms with Crippen LogP contribution in [-0.2, 0) is 13.1 Å². The normalized spacial score (nSPS) is 10.9. The first-order valence-electron chi connectivity index (χ1n) is 7.39. The molecular formula is C17H22N2O3. The average molecular weight is 302 g/mol. The third kappa shape index (κ3) is 4.72. The van der Waals surface area contributed by atoms with Gasteiger partial charge in [0.05, 0.1) is 12.8 Å². The van der Waals surface area contributed by atoms with Crippen molar-refractivity contribution in [3.63, 3.8) is 0 Å². The molecule has 2 rings (SSSR count). The Hall–Kier alpha value is -2.11. The van der Waals surface area contributed by atoms with E-state index in [1.165, 1.54) is 0 Å². The molecule has 1 aromatic heterocycles. The van der Waals surface area contributed by atoms with Gasteiger partial charge in [-0.3, -0.25) is 9.69 Å². The lowest BCUT2D eigenvalue weighted by molar-refractivity contribution is 0.0963. The maximum atomic E-state index is 11.5. The molecule has 1 heterocycles. The van der Waals surface area contributed by atoms with Crippen molar-refractivity contribution in [2.24, 2.45) is 0 Å². The summed E-state index contributed by atoms with van der Waals surface area (Å²) in [6.45, 7) is 2.40. The largest absolute Gasteiger partial charge is 0.468 e. The standard InChI is InChI=1S/C17H22N2O3/c1-18-17(21)15-7-5-14(6-8-15)12-19(9-3-10-20)13-16-4-2-11-22-16/h2,4-8,11,20H,3,9-10,12-13H2,1H3,(H,18,21). The Kier molecular flexibility index (Phi) is 6.18. The molecule has 0 fully saturated rings. The lowest BCUT2D eigenvalue weighted by Crippen LogP contribution is -2.24. The quantitative estimate of drug-likeness (QED) is 0.783. The van der Waals surface area contributed by atoms with Crippen molar-refractivity contribution in [2.75, 3.05) is 20.2 Å². The molecule has 0 aliphatic rings. The van der Waals surface area contributed by atoms with E-state index >= 15 is 0 Å². The van der Waals surface area contributed by atoms with Gasteiger partial charge in [-0.05, 0) is 36.2 Å². The van der Waals surface area contributed by atoms with Crippen LogP contribution in [0.25, 0.3) is 0 Å². The molecule has 0 aliphatic heterocycles. The first kappa shape index (κ1) is 16.3. The van der Waals surface area contributed by atoms with E-state index in [9.17, 15) is 4.79 Å². The minimum absolute atomic E-state index is 0.0840. The first-order valence-corrected chi connectivity index (χ1v) is 7.39. The van der Waals surface area contributed by atoms with E-state index in [1.54, 1.807) is 13.3 Å². The van der Waals surface area contributed by atoms with Crippen molar-refractivity contribution in [1.82, 2.24) is 10.2 Å². The van der Waals surface area contributed by atoms with E-state index in [2.05, 4.69) is 10.2 Å². The highest BCUT2D eigenvalue weighted by Gasteiger charge is 2.09. The molecule has 2 aromatic rings. The number of hydrogen-bond acceptors (Lipinski definition) is 4. The topological polar surface area (TPSA) is 65.7 Å². The third-order valence-electron chi connectivity index (χ3n) is 3.44. The number of carbonyl (C=O) groups is 1. The van der Waals surface area contributed by atoms with E-state index in [0.717, 1.165) is 30.8 Å². The fraction of sp³-hybridized carbons (Fsp3) is 0.353. The number of benzene rings is 1. The molecule has 0 saturated carbocycles. The maximum absolute atomic E-state index is 11.5. The number of nitrogens with one attached hydrogen (secondary N) is 1. The van der Waals surface area contributed by atoms with Crippen molar-refractivity contribution >= 4 is 5.91 Å². The SMILES string of the molecule is CNC(=O)c1ccc(CN(CCCO)Cc2ccco2)cc1. The van der Waals surface area contributed by atoms with Crippen LogP contribution in [0.3, 0.4) is 0 Å². The molecule has 22 heavy (non-hydrogen) atoms. The van der Waals surface area contributed by atoms with Crippen LogP contribution in [0.15, 0.2) is 47.1 Å². The summed E-state index contributed by atoms with van der Waals surface area (Å²) in [4.78, 5) is 13.8. The predicted molar refractivity (Wildman–Crippen MR) is 84.4 cm³/mol. The Morgan fingerprint density at radius 1 is 1.23 bits per heavy atom. The number of nitrogens with zero attached hydrogens (tertiary/aromatic N) is 1. The fourth-order valence-corrected chi connectivity index (χ4v) is 2.30. The second-order valence-electron chi connectivity index (χ2n) is 5.14. The first-order chi connectivity index (χ1) is 10.7. The number of rotatable bonds is 8. The van der Waals surface area contributed by atoms with Crippen molar-refractivity contribution in [3.8, 4) is 0 Å². The Bertz CT molecular complexity index is 564. The van der Waals surface area contributed by atoms with E-state index in [1.807, 2.05) is 36.4 Å². The molecule has 5 nitrogen and oxygen atoms in total. The molecular weight excluding hydrogens is 280 g/mol. The molecule has 5 heteroatoms. The summed E-state index contributed by atoms with van der Waals surface area (Å²) in [5, 5.41) is 11.6. The van der Waals surface area contributed by atoms with Crippen LogP contribution in [0.1, 0.15) is 28.1 Å². The molecule has 1 aromatic carbocycles. The zero-order valence-electron chi connectivity index (χ0n) is 12.8. The molecule has 0 unspecified atom stereocenters. The highest BCUT2D eigenvalue weighted by molar-refractivity contribution is 5.93. The van der Waals surface area contributed by atoms with Gasteiger partial charge in [-0.15, -0.1) is 0 Å². The van der Waals surface area contributed by atoms with E-state index in [-0.39, 0.29) is 12.5 Å². The number of furan rings is 1. The Balaban J connectivity index is 2.00. The van der Waals surface area contributed by atoms with Gasteiger partial charge in [-0.2, -0.15) is 0 Å². The van der Waals surface area contributed by atoms with Crippen LogP contribution in [0.5, 0.6) is 0 Å². The van der Waals surface area contributed by atoms with Crippen LogP contribution < -0.4 is 5.32 Å². The number of hydrogen-bond donors (Lipinski definition) is 2. The Morgan fingerprint density at radius 2 is 2.00 bits per heavy atom. The van der Waals surface area contributed by atoms with Crippen molar-refractivity contribution in [1.29, 1.82) is 0 Å². The minimum Gasteiger partial charge on any atom is -0.468 e. The molecule has 0 radical (unpaired) electrons. The number of amides is 1. The Morgan fingerprint density at radius 3 is 2.59 bits per heavy atom. The zero-order chi connectivity index (χ0) is 15.8. The van der Waals surface area contributed by atoms with Gasteiger partial charge in [0.2, 0.25) is 0 Å². The molecule has 1 amide bonds. The van der Waals surface area contributed by atoms with Gasteiger partial charge in [0.25, 0.3) is 5.91 Å². The fourth-order valence-electron chi connectivity index (χ4n) is 2.30. The number of carbonyl (C=O) groups excluding carboxylic acids is 1. The van der Waals surface area contributed by atoms with Gasteiger partial charge in [0.1, 0.15) is 5.76 Å². The van der Waals surface area contributed by atoms with E-state index in [4.69, 9.17) is 9.52 Å².